The third-order valence-corrected chi connectivity index (χ3v) is 4.46. The zero-order valence-electron chi connectivity index (χ0n) is 12.3. The Morgan fingerprint density at radius 1 is 1.00 bits per heavy atom. The first kappa shape index (κ1) is 17.3. The fourth-order valence-corrected chi connectivity index (χ4v) is 3.15. The van der Waals surface area contributed by atoms with Gasteiger partial charge in [0.25, 0.3) is 0 Å². The van der Waals surface area contributed by atoms with Crippen LogP contribution in [0.25, 0.3) is 10.8 Å². The topological polar surface area (TPSA) is 6.48 Å². The summed E-state index contributed by atoms with van der Waals surface area (Å²) in [5.74, 6) is 0. The molecule has 0 saturated carbocycles. The summed E-state index contributed by atoms with van der Waals surface area (Å²) in [4.78, 5) is 4.66. The van der Waals surface area contributed by atoms with Crippen LogP contribution in [0.2, 0.25) is 0 Å². The van der Waals surface area contributed by atoms with Gasteiger partial charge in [-0.2, -0.15) is 0 Å². The van der Waals surface area contributed by atoms with E-state index in [-0.39, 0.29) is 29.6 Å². The molecule has 2 aromatic carbocycles. The standard InChI is InChI=1S/C16H18N2S2.Na/c19-16(20)18-10-8-17(9-11-18)12-14-6-3-5-13-4-1-2-7-15(13)14;/h1-7H,8-12H2,(H,19,20);. The molecular formula is C16H18N2NaS2. The van der Waals surface area contributed by atoms with E-state index >= 15 is 0 Å². The molecule has 21 heavy (non-hydrogen) atoms. The monoisotopic (exact) mass is 325 g/mol. The molecule has 1 aliphatic rings. The fraction of sp³-hybridized carbons (Fsp3) is 0.312. The zero-order valence-corrected chi connectivity index (χ0v) is 16.0. The van der Waals surface area contributed by atoms with Gasteiger partial charge in [0.15, 0.2) is 0 Å². The van der Waals surface area contributed by atoms with Gasteiger partial charge in [-0.15, -0.1) is 12.6 Å². The van der Waals surface area contributed by atoms with E-state index in [9.17, 15) is 0 Å². The van der Waals surface area contributed by atoms with Crippen LogP contribution in [0.15, 0.2) is 42.5 Å². The second-order valence-electron chi connectivity index (χ2n) is 5.18. The van der Waals surface area contributed by atoms with E-state index in [0.29, 0.717) is 0 Å². The van der Waals surface area contributed by atoms with Gasteiger partial charge in [0, 0.05) is 62.3 Å². The maximum absolute atomic E-state index is 5.12. The van der Waals surface area contributed by atoms with Crippen molar-refractivity contribution in [3.05, 3.63) is 48.0 Å². The number of nitrogens with zero attached hydrogens (tertiary/aromatic N) is 2. The van der Waals surface area contributed by atoms with Crippen molar-refractivity contribution in [2.75, 3.05) is 26.2 Å². The number of fused-ring (bicyclic) bond motifs is 1. The minimum absolute atomic E-state index is 0. The average molecular weight is 325 g/mol. The van der Waals surface area contributed by atoms with Gasteiger partial charge in [0.1, 0.15) is 4.32 Å². The Morgan fingerprint density at radius 2 is 1.67 bits per heavy atom. The average Bonchev–Trinajstić information content (AvgIpc) is 2.48. The smallest absolute Gasteiger partial charge is 0.133 e. The number of thiol groups is 1. The molecule has 2 aromatic rings. The van der Waals surface area contributed by atoms with E-state index in [1.165, 1.54) is 16.3 Å². The van der Waals surface area contributed by atoms with Gasteiger partial charge >= 0.3 is 0 Å². The van der Waals surface area contributed by atoms with E-state index in [1.54, 1.807) is 0 Å². The van der Waals surface area contributed by atoms with E-state index in [2.05, 4.69) is 64.9 Å². The van der Waals surface area contributed by atoms with Crippen molar-refractivity contribution in [2.24, 2.45) is 0 Å². The summed E-state index contributed by atoms with van der Waals surface area (Å²) in [7, 11) is 0. The summed E-state index contributed by atoms with van der Waals surface area (Å²) >= 11 is 9.38. The molecule has 1 radical (unpaired) electrons. The van der Waals surface area contributed by atoms with Crippen molar-refractivity contribution >= 4 is 69.5 Å². The van der Waals surface area contributed by atoms with E-state index in [1.807, 2.05) is 0 Å². The second kappa shape index (κ2) is 7.95. The summed E-state index contributed by atoms with van der Waals surface area (Å²) in [6.07, 6.45) is 0. The number of piperazine rings is 1. The number of hydrogen-bond acceptors (Lipinski definition) is 2. The summed E-state index contributed by atoms with van der Waals surface area (Å²) in [5.41, 5.74) is 1.41. The number of hydrogen-bond donors (Lipinski definition) is 1. The molecular weight excluding hydrogens is 307 g/mol. The van der Waals surface area contributed by atoms with Crippen molar-refractivity contribution in [1.82, 2.24) is 9.80 Å². The van der Waals surface area contributed by atoms with Crippen molar-refractivity contribution in [2.45, 2.75) is 6.54 Å². The SMILES string of the molecule is S=C(S)N1CCN(Cc2cccc3ccccc23)CC1.[Na]. The van der Waals surface area contributed by atoms with Crippen LogP contribution in [0.4, 0.5) is 0 Å². The molecule has 0 N–H and O–H groups in total. The number of benzene rings is 2. The third kappa shape index (κ3) is 4.21. The predicted octanol–water partition coefficient (Wildman–Crippen LogP) is 2.79. The molecule has 1 aliphatic heterocycles. The third-order valence-electron chi connectivity index (χ3n) is 3.92. The van der Waals surface area contributed by atoms with E-state index in [4.69, 9.17) is 12.2 Å². The fourth-order valence-electron chi connectivity index (χ4n) is 2.77. The molecule has 0 aromatic heterocycles. The molecule has 1 heterocycles. The molecule has 0 atom stereocenters. The minimum Gasteiger partial charge on any atom is -0.355 e. The largest absolute Gasteiger partial charge is 0.355 e. The Balaban J connectivity index is 0.00000161. The molecule has 2 nitrogen and oxygen atoms in total. The Hall–Kier alpha value is -0.100. The molecule has 0 spiro atoms. The Bertz CT molecular complexity index is 619. The van der Waals surface area contributed by atoms with Gasteiger partial charge in [-0.3, -0.25) is 4.90 Å². The van der Waals surface area contributed by atoms with Gasteiger partial charge in [-0.05, 0) is 16.3 Å². The summed E-state index contributed by atoms with van der Waals surface area (Å²) < 4.78 is 0.717. The van der Waals surface area contributed by atoms with E-state index < -0.39 is 0 Å². The molecule has 5 heteroatoms. The quantitative estimate of drug-likeness (QED) is 0.516. The number of rotatable bonds is 2. The van der Waals surface area contributed by atoms with Gasteiger partial charge in [0.2, 0.25) is 0 Å². The normalized spacial score (nSPS) is 15.8. The van der Waals surface area contributed by atoms with Gasteiger partial charge in [-0.1, -0.05) is 54.7 Å². The second-order valence-corrected chi connectivity index (χ2v) is 6.30. The van der Waals surface area contributed by atoms with E-state index in [0.717, 1.165) is 37.0 Å². The van der Waals surface area contributed by atoms with Gasteiger partial charge < -0.3 is 4.90 Å². The van der Waals surface area contributed by atoms with Gasteiger partial charge in [-0.25, -0.2) is 0 Å². The van der Waals surface area contributed by atoms with Crippen molar-refractivity contribution in [3.8, 4) is 0 Å². The Morgan fingerprint density at radius 3 is 2.38 bits per heavy atom. The Labute approximate surface area is 159 Å². The molecule has 0 amide bonds. The van der Waals surface area contributed by atoms with Crippen LogP contribution in [0, 0.1) is 0 Å². The molecule has 1 saturated heterocycles. The molecule has 105 valence electrons. The first-order valence-corrected chi connectivity index (χ1v) is 7.76. The van der Waals surface area contributed by atoms with Crippen LogP contribution in [0.3, 0.4) is 0 Å². The maximum atomic E-state index is 5.12. The maximum Gasteiger partial charge on any atom is 0.133 e. The molecule has 0 unspecified atom stereocenters. The predicted molar refractivity (Wildman–Crippen MR) is 98.1 cm³/mol. The molecule has 1 fully saturated rings. The van der Waals surface area contributed by atoms with Crippen LogP contribution in [0.5, 0.6) is 0 Å². The van der Waals surface area contributed by atoms with Crippen molar-refractivity contribution < 1.29 is 0 Å². The summed E-state index contributed by atoms with van der Waals surface area (Å²) in [5, 5.41) is 2.68. The first-order valence-electron chi connectivity index (χ1n) is 6.91. The zero-order chi connectivity index (χ0) is 13.9. The van der Waals surface area contributed by atoms with Crippen LogP contribution in [0.1, 0.15) is 5.56 Å². The van der Waals surface area contributed by atoms with Crippen LogP contribution >= 0.6 is 24.8 Å². The first-order chi connectivity index (χ1) is 9.74. The van der Waals surface area contributed by atoms with Crippen LogP contribution in [-0.4, -0.2) is 69.9 Å². The molecule has 3 rings (SSSR count). The van der Waals surface area contributed by atoms with Gasteiger partial charge in [0.05, 0.1) is 0 Å². The van der Waals surface area contributed by atoms with Crippen molar-refractivity contribution in [3.63, 3.8) is 0 Å². The summed E-state index contributed by atoms with van der Waals surface area (Å²) in [6.45, 7) is 5.06. The molecule has 0 bridgehead atoms. The Kier molecular flexibility index (Phi) is 6.53. The molecule has 0 aliphatic carbocycles. The van der Waals surface area contributed by atoms with Crippen LogP contribution in [-0.2, 0) is 6.54 Å². The number of thiocarbonyl (C=S) groups is 1. The van der Waals surface area contributed by atoms with Crippen molar-refractivity contribution in [1.29, 1.82) is 0 Å². The van der Waals surface area contributed by atoms with Crippen LogP contribution < -0.4 is 0 Å². The minimum atomic E-state index is 0. The summed E-state index contributed by atoms with van der Waals surface area (Å²) in [6, 6.07) is 15.2.